The number of nitrogens with one attached hydrogen (secondary N) is 1. The standard InChI is InChI=1S/C12H16N4O2/c1-5-16-8(3)10(6-13-16)12(17)14-11-7(2)15-18-9(11)4/h6H,5H2,1-4H3,(H,14,17). The Morgan fingerprint density at radius 1 is 1.44 bits per heavy atom. The van der Waals surface area contributed by atoms with Crippen molar-refractivity contribution in [2.45, 2.75) is 34.2 Å². The molecule has 0 saturated heterocycles. The van der Waals surface area contributed by atoms with Crippen LogP contribution < -0.4 is 5.32 Å². The zero-order chi connectivity index (χ0) is 13.3. The summed E-state index contributed by atoms with van der Waals surface area (Å²) in [6.07, 6.45) is 1.58. The SMILES string of the molecule is CCn1ncc(C(=O)Nc2c(C)noc2C)c1C. The summed E-state index contributed by atoms with van der Waals surface area (Å²) < 4.78 is 6.78. The highest BCUT2D eigenvalue weighted by molar-refractivity contribution is 6.05. The van der Waals surface area contributed by atoms with Crippen LogP contribution in [0.5, 0.6) is 0 Å². The van der Waals surface area contributed by atoms with E-state index in [1.165, 1.54) is 0 Å². The molecule has 2 rings (SSSR count). The molecule has 6 heteroatoms. The third-order valence-electron chi connectivity index (χ3n) is 2.92. The van der Waals surface area contributed by atoms with E-state index in [1.54, 1.807) is 24.7 Å². The van der Waals surface area contributed by atoms with Crippen molar-refractivity contribution in [2.75, 3.05) is 5.32 Å². The molecule has 1 amide bonds. The Labute approximate surface area is 105 Å². The summed E-state index contributed by atoms with van der Waals surface area (Å²) in [5.41, 5.74) is 2.71. The fourth-order valence-electron chi connectivity index (χ4n) is 1.83. The van der Waals surface area contributed by atoms with Crippen molar-refractivity contribution in [2.24, 2.45) is 0 Å². The Morgan fingerprint density at radius 3 is 2.67 bits per heavy atom. The average Bonchev–Trinajstić information content (AvgIpc) is 2.86. The maximum atomic E-state index is 12.1. The van der Waals surface area contributed by atoms with Crippen LogP contribution in [0.3, 0.4) is 0 Å². The number of carbonyl (C=O) groups is 1. The fourth-order valence-corrected chi connectivity index (χ4v) is 1.83. The van der Waals surface area contributed by atoms with Crippen LogP contribution in [0, 0.1) is 20.8 Å². The molecule has 0 aliphatic carbocycles. The molecular weight excluding hydrogens is 232 g/mol. The molecule has 6 nitrogen and oxygen atoms in total. The maximum absolute atomic E-state index is 12.1. The summed E-state index contributed by atoms with van der Waals surface area (Å²) in [6.45, 7) is 8.14. The van der Waals surface area contributed by atoms with Crippen molar-refractivity contribution < 1.29 is 9.32 Å². The molecular formula is C12H16N4O2. The topological polar surface area (TPSA) is 73.0 Å². The Hall–Kier alpha value is -2.11. The molecule has 0 atom stereocenters. The summed E-state index contributed by atoms with van der Waals surface area (Å²) in [7, 11) is 0. The fraction of sp³-hybridized carbons (Fsp3) is 0.417. The number of anilines is 1. The second-order valence-corrected chi connectivity index (χ2v) is 4.11. The van der Waals surface area contributed by atoms with Crippen LogP contribution >= 0.6 is 0 Å². The Kier molecular flexibility index (Phi) is 3.18. The van der Waals surface area contributed by atoms with Gasteiger partial charge in [-0.1, -0.05) is 5.16 Å². The highest BCUT2D eigenvalue weighted by Crippen LogP contribution is 2.20. The lowest BCUT2D eigenvalue weighted by Crippen LogP contribution is -2.14. The molecule has 0 aromatic carbocycles. The molecule has 0 saturated carbocycles. The van der Waals surface area contributed by atoms with Crippen molar-refractivity contribution in [1.82, 2.24) is 14.9 Å². The number of aromatic nitrogens is 3. The number of rotatable bonds is 3. The highest BCUT2D eigenvalue weighted by Gasteiger charge is 2.17. The van der Waals surface area contributed by atoms with Crippen LogP contribution in [-0.4, -0.2) is 20.8 Å². The molecule has 0 spiro atoms. The molecule has 2 aromatic rings. The monoisotopic (exact) mass is 248 g/mol. The normalized spacial score (nSPS) is 10.7. The molecule has 18 heavy (non-hydrogen) atoms. The first-order valence-electron chi connectivity index (χ1n) is 5.81. The number of aryl methyl sites for hydroxylation is 3. The average molecular weight is 248 g/mol. The van der Waals surface area contributed by atoms with Crippen molar-refractivity contribution in [1.29, 1.82) is 0 Å². The quantitative estimate of drug-likeness (QED) is 0.902. The number of hydrogen-bond donors (Lipinski definition) is 1. The van der Waals surface area contributed by atoms with Gasteiger partial charge in [0.15, 0.2) is 5.76 Å². The Bertz CT molecular complexity index is 563. The van der Waals surface area contributed by atoms with Crippen molar-refractivity contribution in [3.05, 3.63) is 28.9 Å². The number of amides is 1. The maximum Gasteiger partial charge on any atom is 0.259 e. The van der Waals surface area contributed by atoms with Gasteiger partial charge in [-0.3, -0.25) is 9.48 Å². The van der Waals surface area contributed by atoms with Gasteiger partial charge in [-0.2, -0.15) is 5.10 Å². The summed E-state index contributed by atoms with van der Waals surface area (Å²) in [5, 5.41) is 10.7. The summed E-state index contributed by atoms with van der Waals surface area (Å²) in [6, 6.07) is 0. The van der Waals surface area contributed by atoms with E-state index in [4.69, 9.17) is 4.52 Å². The Morgan fingerprint density at radius 2 is 2.17 bits per heavy atom. The zero-order valence-electron chi connectivity index (χ0n) is 10.9. The molecule has 96 valence electrons. The van der Waals surface area contributed by atoms with E-state index < -0.39 is 0 Å². The van der Waals surface area contributed by atoms with Crippen LogP contribution in [0.15, 0.2) is 10.7 Å². The number of nitrogens with zero attached hydrogens (tertiary/aromatic N) is 3. The minimum Gasteiger partial charge on any atom is -0.359 e. The van der Waals surface area contributed by atoms with E-state index in [1.807, 2.05) is 13.8 Å². The van der Waals surface area contributed by atoms with Gasteiger partial charge in [-0.15, -0.1) is 0 Å². The smallest absolute Gasteiger partial charge is 0.259 e. The zero-order valence-corrected chi connectivity index (χ0v) is 10.9. The minimum atomic E-state index is -0.193. The summed E-state index contributed by atoms with van der Waals surface area (Å²) in [5.74, 6) is 0.406. The van der Waals surface area contributed by atoms with Gasteiger partial charge in [-0.25, -0.2) is 0 Å². The van der Waals surface area contributed by atoms with Crippen LogP contribution in [0.4, 0.5) is 5.69 Å². The van der Waals surface area contributed by atoms with E-state index in [0.717, 1.165) is 12.2 Å². The first-order chi connectivity index (χ1) is 8.54. The molecule has 0 aliphatic heterocycles. The van der Waals surface area contributed by atoms with Gasteiger partial charge in [-0.05, 0) is 27.7 Å². The van der Waals surface area contributed by atoms with Crippen molar-refractivity contribution >= 4 is 11.6 Å². The van der Waals surface area contributed by atoms with Crippen LogP contribution in [0.25, 0.3) is 0 Å². The van der Waals surface area contributed by atoms with E-state index in [0.29, 0.717) is 22.7 Å². The van der Waals surface area contributed by atoms with E-state index in [2.05, 4.69) is 15.6 Å². The lowest BCUT2D eigenvalue weighted by molar-refractivity contribution is 0.102. The van der Waals surface area contributed by atoms with Gasteiger partial charge in [0.25, 0.3) is 5.91 Å². The molecule has 0 unspecified atom stereocenters. The van der Waals surface area contributed by atoms with Gasteiger partial charge in [0.2, 0.25) is 0 Å². The van der Waals surface area contributed by atoms with Crippen LogP contribution in [-0.2, 0) is 6.54 Å². The van der Waals surface area contributed by atoms with E-state index in [-0.39, 0.29) is 5.91 Å². The summed E-state index contributed by atoms with van der Waals surface area (Å²) >= 11 is 0. The third-order valence-corrected chi connectivity index (χ3v) is 2.92. The van der Waals surface area contributed by atoms with Gasteiger partial charge >= 0.3 is 0 Å². The van der Waals surface area contributed by atoms with Gasteiger partial charge in [0.05, 0.1) is 11.8 Å². The molecule has 0 radical (unpaired) electrons. The predicted octanol–water partition coefficient (Wildman–Crippen LogP) is 2.07. The second-order valence-electron chi connectivity index (χ2n) is 4.11. The Balaban J connectivity index is 2.25. The molecule has 0 bridgehead atoms. The first-order valence-corrected chi connectivity index (χ1v) is 5.81. The number of hydrogen-bond acceptors (Lipinski definition) is 4. The third kappa shape index (κ3) is 2.01. The predicted molar refractivity (Wildman–Crippen MR) is 66.6 cm³/mol. The molecule has 1 N–H and O–H groups in total. The van der Waals surface area contributed by atoms with Crippen LogP contribution in [0.1, 0.15) is 34.4 Å². The lowest BCUT2D eigenvalue weighted by atomic mass is 10.2. The van der Waals surface area contributed by atoms with E-state index >= 15 is 0 Å². The number of carbonyl (C=O) groups excluding carboxylic acids is 1. The first kappa shape index (κ1) is 12.3. The highest BCUT2D eigenvalue weighted by atomic mass is 16.5. The second kappa shape index (κ2) is 4.64. The summed E-state index contributed by atoms with van der Waals surface area (Å²) in [4.78, 5) is 12.1. The van der Waals surface area contributed by atoms with Crippen molar-refractivity contribution in [3.8, 4) is 0 Å². The van der Waals surface area contributed by atoms with E-state index in [9.17, 15) is 4.79 Å². The molecule has 0 fully saturated rings. The molecule has 2 aromatic heterocycles. The van der Waals surface area contributed by atoms with Gasteiger partial charge in [0.1, 0.15) is 11.4 Å². The van der Waals surface area contributed by atoms with Gasteiger partial charge in [0, 0.05) is 12.2 Å². The largest absolute Gasteiger partial charge is 0.359 e. The molecule has 2 heterocycles. The van der Waals surface area contributed by atoms with Gasteiger partial charge < -0.3 is 9.84 Å². The molecule has 0 aliphatic rings. The minimum absolute atomic E-state index is 0.193. The van der Waals surface area contributed by atoms with Crippen LogP contribution in [0.2, 0.25) is 0 Å². The van der Waals surface area contributed by atoms with Crippen molar-refractivity contribution in [3.63, 3.8) is 0 Å². The lowest BCUT2D eigenvalue weighted by Gasteiger charge is -2.04.